The smallest absolute Gasteiger partial charge is 0.224 e. The Hall–Kier alpha value is -2.20. The standard InChI is InChI=1S/C20H23FN2O/c1-14-11-17(15-7-9-18(21)10-8-15)13-23(14)20(24)12-19(22)16-5-3-2-4-6-16/h2-10,14,17,19H,11-13,22H2,1H3. The molecular formula is C20H23FN2O. The number of hydrogen-bond acceptors (Lipinski definition) is 2. The van der Waals surface area contributed by atoms with Gasteiger partial charge in [-0.05, 0) is 36.6 Å². The zero-order chi connectivity index (χ0) is 17.1. The number of rotatable bonds is 4. The van der Waals surface area contributed by atoms with Crippen molar-refractivity contribution in [2.24, 2.45) is 5.73 Å². The van der Waals surface area contributed by atoms with Gasteiger partial charge >= 0.3 is 0 Å². The Morgan fingerprint density at radius 1 is 1.21 bits per heavy atom. The maximum atomic E-state index is 13.1. The van der Waals surface area contributed by atoms with Gasteiger partial charge in [0.15, 0.2) is 0 Å². The van der Waals surface area contributed by atoms with Gasteiger partial charge in [0.2, 0.25) is 5.91 Å². The molecule has 3 nitrogen and oxygen atoms in total. The van der Waals surface area contributed by atoms with E-state index in [4.69, 9.17) is 5.73 Å². The van der Waals surface area contributed by atoms with Crippen LogP contribution in [0, 0.1) is 5.82 Å². The number of halogens is 1. The highest BCUT2D eigenvalue weighted by molar-refractivity contribution is 5.78. The first-order chi connectivity index (χ1) is 11.5. The van der Waals surface area contributed by atoms with Crippen LogP contribution >= 0.6 is 0 Å². The predicted molar refractivity (Wildman–Crippen MR) is 92.9 cm³/mol. The summed E-state index contributed by atoms with van der Waals surface area (Å²) in [6.07, 6.45) is 1.21. The van der Waals surface area contributed by atoms with Gasteiger partial charge in [0.25, 0.3) is 0 Å². The summed E-state index contributed by atoms with van der Waals surface area (Å²) in [5, 5.41) is 0. The molecule has 1 amide bonds. The van der Waals surface area contributed by atoms with Gasteiger partial charge < -0.3 is 10.6 Å². The van der Waals surface area contributed by atoms with Crippen molar-refractivity contribution in [2.75, 3.05) is 6.54 Å². The van der Waals surface area contributed by atoms with Crippen molar-refractivity contribution in [2.45, 2.75) is 37.8 Å². The molecule has 1 saturated heterocycles. The Labute approximate surface area is 142 Å². The second-order valence-electron chi connectivity index (χ2n) is 6.60. The van der Waals surface area contributed by atoms with Crippen LogP contribution in [0.5, 0.6) is 0 Å². The number of benzene rings is 2. The lowest BCUT2D eigenvalue weighted by molar-refractivity contribution is -0.132. The van der Waals surface area contributed by atoms with Crippen molar-refractivity contribution in [1.82, 2.24) is 4.90 Å². The summed E-state index contributed by atoms with van der Waals surface area (Å²) >= 11 is 0. The third-order valence-electron chi connectivity index (χ3n) is 4.86. The molecule has 0 bridgehead atoms. The van der Waals surface area contributed by atoms with E-state index in [9.17, 15) is 9.18 Å². The highest BCUT2D eigenvalue weighted by Crippen LogP contribution is 2.32. The van der Waals surface area contributed by atoms with E-state index in [1.165, 1.54) is 12.1 Å². The lowest BCUT2D eigenvalue weighted by Gasteiger charge is -2.23. The van der Waals surface area contributed by atoms with Crippen molar-refractivity contribution in [3.8, 4) is 0 Å². The van der Waals surface area contributed by atoms with Crippen LogP contribution in [0.2, 0.25) is 0 Å². The Kier molecular flexibility index (Phi) is 4.95. The highest BCUT2D eigenvalue weighted by Gasteiger charge is 2.33. The SMILES string of the molecule is CC1CC(c2ccc(F)cc2)CN1C(=O)CC(N)c1ccccc1. The quantitative estimate of drug-likeness (QED) is 0.933. The van der Waals surface area contributed by atoms with Crippen molar-refractivity contribution in [3.63, 3.8) is 0 Å². The Bertz CT molecular complexity index is 687. The minimum atomic E-state index is -0.282. The van der Waals surface area contributed by atoms with E-state index < -0.39 is 0 Å². The first-order valence-corrected chi connectivity index (χ1v) is 8.40. The minimum absolute atomic E-state index is 0.0865. The molecule has 2 aromatic carbocycles. The Balaban J connectivity index is 1.64. The molecule has 1 heterocycles. The summed E-state index contributed by atoms with van der Waals surface area (Å²) < 4.78 is 13.1. The maximum absolute atomic E-state index is 13.1. The summed E-state index contributed by atoms with van der Waals surface area (Å²) in [5.41, 5.74) is 8.25. The predicted octanol–water partition coefficient (Wildman–Crippen LogP) is 3.62. The van der Waals surface area contributed by atoms with Gasteiger partial charge in [-0.1, -0.05) is 42.5 Å². The van der Waals surface area contributed by atoms with E-state index in [1.807, 2.05) is 47.4 Å². The normalized spacial score (nSPS) is 21.7. The van der Waals surface area contributed by atoms with Gasteiger partial charge in [-0.2, -0.15) is 0 Å². The van der Waals surface area contributed by atoms with Gasteiger partial charge in [0, 0.05) is 31.0 Å². The summed E-state index contributed by atoms with van der Waals surface area (Å²) in [4.78, 5) is 14.6. The fourth-order valence-corrected chi connectivity index (χ4v) is 3.48. The number of likely N-dealkylation sites (tertiary alicyclic amines) is 1. The number of nitrogens with two attached hydrogens (primary N) is 1. The molecule has 3 atom stereocenters. The monoisotopic (exact) mass is 326 g/mol. The zero-order valence-corrected chi connectivity index (χ0v) is 13.9. The summed E-state index contributed by atoms with van der Waals surface area (Å²) in [5.74, 6) is 0.118. The molecule has 0 spiro atoms. The molecule has 24 heavy (non-hydrogen) atoms. The molecule has 2 N–H and O–H groups in total. The number of carbonyl (C=O) groups is 1. The third-order valence-corrected chi connectivity index (χ3v) is 4.86. The molecule has 4 heteroatoms. The molecule has 0 radical (unpaired) electrons. The highest BCUT2D eigenvalue weighted by atomic mass is 19.1. The molecular weight excluding hydrogens is 303 g/mol. The van der Waals surface area contributed by atoms with Gasteiger partial charge in [-0.3, -0.25) is 4.79 Å². The molecule has 0 saturated carbocycles. The van der Waals surface area contributed by atoms with Crippen molar-refractivity contribution in [1.29, 1.82) is 0 Å². The van der Waals surface area contributed by atoms with Crippen molar-refractivity contribution >= 4 is 5.91 Å². The van der Waals surface area contributed by atoms with E-state index >= 15 is 0 Å². The molecule has 2 aromatic rings. The Morgan fingerprint density at radius 2 is 1.88 bits per heavy atom. The van der Waals surface area contributed by atoms with E-state index in [0.29, 0.717) is 13.0 Å². The average molecular weight is 326 g/mol. The van der Waals surface area contributed by atoms with Crippen LogP contribution in [-0.4, -0.2) is 23.4 Å². The van der Waals surface area contributed by atoms with Crippen LogP contribution < -0.4 is 5.73 Å². The van der Waals surface area contributed by atoms with E-state index in [1.54, 1.807) is 0 Å². The topological polar surface area (TPSA) is 46.3 Å². The molecule has 3 unspecified atom stereocenters. The third kappa shape index (κ3) is 3.65. The van der Waals surface area contributed by atoms with E-state index in [-0.39, 0.29) is 29.7 Å². The summed E-state index contributed by atoms with van der Waals surface area (Å²) in [6.45, 7) is 2.74. The van der Waals surface area contributed by atoms with Crippen LogP contribution in [-0.2, 0) is 4.79 Å². The van der Waals surface area contributed by atoms with E-state index in [2.05, 4.69) is 6.92 Å². The molecule has 3 rings (SSSR count). The summed E-state index contributed by atoms with van der Waals surface area (Å²) in [6, 6.07) is 16.2. The summed E-state index contributed by atoms with van der Waals surface area (Å²) in [7, 11) is 0. The maximum Gasteiger partial charge on any atom is 0.224 e. The van der Waals surface area contributed by atoms with Crippen LogP contribution in [0.25, 0.3) is 0 Å². The van der Waals surface area contributed by atoms with E-state index in [0.717, 1.165) is 17.5 Å². The van der Waals surface area contributed by atoms with Gasteiger partial charge in [0.05, 0.1) is 0 Å². The lowest BCUT2D eigenvalue weighted by atomic mass is 9.97. The first-order valence-electron chi connectivity index (χ1n) is 8.40. The number of amides is 1. The molecule has 1 fully saturated rings. The van der Waals surface area contributed by atoms with Gasteiger partial charge in [0.1, 0.15) is 5.82 Å². The average Bonchev–Trinajstić information content (AvgIpc) is 2.98. The Morgan fingerprint density at radius 3 is 2.54 bits per heavy atom. The van der Waals surface area contributed by atoms with Gasteiger partial charge in [-0.15, -0.1) is 0 Å². The minimum Gasteiger partial charge on any atom is -0.339 e. The molecule has 1 aliphatic heterocycles. The van der Waals surface area contributed by atoms with Crippen LogP contribution in [0.4, 0.5) is 4.39 Å². The number of nitrogens with zero attached hydrogens (tertiary/aromatic N) is 1. The fourth-order valence-electron chi connectivity index (χ4n) is 3.48. The molecule has 0 aromatic heterocycles. The van der Waals surface area contributed by atoms with Crippen LogP contribution in [0.1, 0.15) is 42.9 Å². The number of carbonyl (C=O) groups excluding carboxylic acids is 1. The first kappa shape index (κ1) is 16.7. The van der Waals surface area contributed by atoms with Crippen LogP contribution in [0.3, 0.4) is 0 Å². The van der Waals surface area contributed by atoms with Crippen molar-refractivity contribution < 1.29 is 9.18 Å². The molecule has 0 aliphatic carbocycles. The fraction of sp³-hybridized carbons (Fsp3) is 0.350. The van der Waals surface area contributed by atoms with Gasteiger partial charge in [-0.25, -0.2) is 4.39 Å². The van der Waals surface area contributed by atoms with Crippen molar-refractivity contribution in [3.05, 3.63) is 71.5 Å². The molecule has 1 aliphatic rings. The second-order valence-corrected chi connectivity index (χ2v) is 6.60. The largest absolute Gasteiger partial charge is 0.339 e. The number of hydrogen-bond donors (Lipinski definition) is 1. The van der Waals surface area contributed by atoms with Crippen LogP contribution in [0.15, 0.2) is 54.6 Å². The zero-order valence-electron chi connectivity index (χ0n) is 13.9. The lowest BCUT2D eigenvalue weighted by Crippen LogP contribution is -2.35. The molecule has 126 valence electrons. The second kappa shape index (κ2) is 7.14.